The Morgan fingerprint density at radius 1 is 1.11 bits per heavy atom. The number of rotatable bonds is 5. The van der Waals surface area contributed by atoms with Crippen molar-refractivity contribution in [3.05, 3.63) is 69.3 Å². The van der Waals surface area contributed by atoms with Gasteiger partial charge in [0.25, 0.3) is 17.5 Å². The molecule has 1 aliphatic rings. The van der Waals surface area contributed by atoms with E-state index in [1.165, 1.54) is 43.5 Å². The van der Waals surface area contributed by atoms with Gasteiger partial charge in [0.1, 0.15) is 12.1 Å². The third-order valence-electron chi connectivity index (χ3n) is 4.07. The molecule has 2 aromatic carbocycles. The first-order chi connectivity index (χ1) is 13.3. The summed E-state index contributed by atoms with van der Waals surface area (Å²) in [6, 6.07) is 9.51. The quantitative estimate of drug-likeness (QED) is 0.358. The number of hydrogen-bond acceptors (Lipinski definition) is 7. The molecule has 142 valence electrons. The molecule has 2 aromatic rings. The summed E-state index contributed by atoms with van der Waals surface area (Å²) in [5.41, 5.74) is -0.312. The van der Waals surface area contributed by atoms with Gasteiger partial charge in [-0.3, -0.25) is 29.4 Å². The Labute approximate surface area is 157 Å². The van der Waals surface area contributed by atoms with Crippen LogP contribution in [0.5, 0.6) is 0 Å². The number of carbonyl (C=O) groups is 4. The lowest BCUT2D eigenvalue weighted by atomic mass is 10.1. The molecule has 0 saturated carbocycles. The zero-order chi connectivity index (χ0) is 20.4. The molecule has 3 amide bonds. The number of anilines is 1. The van der Waals surface area contributed by atoms with Crippen LogP contribution in [0.2, 0.25) is 0 Å². The second-order valence-corrected chi connectivity index (χ2v) is 5.77. The van der Waals surface area contributed by atoms with Gasteiger partial charge in [0.15, 0.2) is 0 Å². The van der Waals surface area contributed by atoms with E-state index in [-0.39, 0.29) is 16.7 Å². The minimum absolute atomic E-state index is 0.116. The summed E-state index contributed by atoms with van der Waals surface area (Å²) in [6.45, 7) is -0.609. The fraction of sp³-hybridized carbons (Fsp3) is 0.111. The number of amides is 3. The number of nitrogens with one attached hydrogen (secondary N) is 1. The van der Waals surface area contributed by atoms with Crippen LogP contribution >= 0.6 is 0 Å². The highest BCUT2D eigenvalue weighted by Crippen LogP contribution is 2.30. The van der Waals surface area contributed by atoms with E-state index in [0.29, 0.717) is 10.6 Å². The Morgan fingerprint density at radius 2 is 1.79 bits per heavy atom. The van der Waals surface area contributed by atoms with E-state index in [9.17, 15) is 29.3 Å². The highest BCUT2D eigenvalue weighted by Gasteiger charge is 2.41. The van der Waals surface area contributed by atoms with Crippen LogP contribution in [0.1, 0.15) is 31.1 Å². The van der Waals surface area contributed by atoms with E-state index in [1.807, 2.05) is 0 Å². The van der Waals surface area contributed by atoms with Crippen LogP contribution in [0.4, 0.5) is 11.4 Å². The lowest BCUT2D eigenvalue weighted by molar-refractivity contribution is -0.385. The van der Waals surface area contributed by atoms with Crippen molar-refractivity contribution in [2.24, 2.45) is 0 Å². The maximum absolute atomic E-state index is 12.4. The van der Waals surface area contributed by atoms with Crippen molar-refractivity contribution in [3.63, 3.8) is 0 Å². The van der Waals surface area contributed by atoms with Gasteiger partial charge in [-0.05, 0) is 30.3 Å². The van der Waals surface area contributed by atoms with Crippen molar-refractivity contribution in [3.8, 4) is 0 Å². The average Bonchev–Trinajstić information content (AvgIpc) is 2.92. The number of hydrogen-bond donors (Lipinski definition) is 1. The van der Waals surface area contributed by atoms with Crippen molar-refractivity contribution in [2.75, 3.05) is 19.0 Å². The van der Waals surface area contributed by atoms with Gasteiger partial charge in [-0.15, -0.1) is 0 Å². The number of fused-ring (bicyclic) bond motifs is 1. The minimum Gasteiger partial charge on any atom is -0.465 e. The van der Waals surface area contributed by atoms with Crippen LogP contribution in [-0.2, 0) is 9.53 Å². The van der Waals surface area contributed by atoms with Crippen molar-refractivity contribution in [2.45, 2.75) is 0 Å². The Bertz CT molecular complexity index is 1010. The molecule has 10 heteroatoms. The second kappa shape index (κ2) is 7.27. The fourth-order valence-electron chi connectivity index (χ4n) is 2.76. The molecular weight excluding hydrogens is 370 g/mol. The number of methoxy groups -OCH3 is 1. The second-order valence-electron chi connectivity index (χ2n) is 5.77. The Balaban J connectivity index is 1.74. The van der Waals surface area contributed by atoms with Crippen LogP contribution in [0.15, 0.2) is 42.5 Å². The molecule has 10 nitrogen and oxygen atoms in total. The van der Waals surface area contributed by atoms with Gasteiger partial charge in [-0.2, -0.15) is 0 Å². The molecule has 1 N–H and O–H groups in total. The van der Waals surface area contributed by atoms with Crippen molar-refractivity contribution < 1.29 is 28.8 Å². The molecule has 0 bridgehead atoms. The van der Waals surface area contributed by atoms with E-state index in [1.54, 1.807) is 0 Å². The van der Waals surface area contributed by atoms with Crippen molar-refractivity contribution in [1.82, 2.24) is 4.90 Å². The first-order valence-electron chi connectivity index (χ1n) is 7.95. The molecule has 0 unspecified atom stereocenters. The summed E-state index contributed by atoms with van der Waals surface area (Å²) in [5.74, 6) is -2.89. The third-order valence-corrected chi connectivity index (χ3v) is 4.07. The van der Waals surface area contributed by atoms with E-state index >= 15 is 0 Å². The number of imide groups is 1. The summed E-state index contributed by atoms with van der Waals surface area (Å²) < 4.78 is 4.57. The van der Waals surface area contributed by atoms with Crippen molar-refractivity contribution in [1.29, 1.82) is 0 Å². The molecule has 0 saturated heterocycles. The maximum Gasteiger partial charge on any atom is 0.337 e. The lowest BCUT2D eigenvalue weighted by Crippen LogP contribution is -2.37. The van der Waals surface area contributed by atoms with E-state index in [2.05, 4.69) is 10.1 Å². The predicted molar refractivity (Wildman–Crippen MR) is 94.9 cm³/mol. The predicted octanol–water partition coefficient (Wildman–Crippen LogP) is 1.62. The topological polar surface area (TPSA) is 136 Å². The SMILES string of the molecule is COC(=O)c1ccc(NC(=O)CN2C(=O)c3cccc([N+](=O)[O-])c3C2=O)cc1. The van der Waals surface area contributed by atoms with Crippen LogP contribution in [0.3, 0.4) is 0 Å². The monoisotopic (exact) mass is 383 g/mol. The van der Waals surface area contributed by atoms with Gasteiger partial charge in [0.2, 0.25) is 5.91 Å². The molecule has 3 rings (SSSR count). The Morgan fingerprint density at radius 3 is 2.39 bits per heavy atom. The number of nitro groups is 1. The first kappa shape index (κ1) is 18.7. The van der Waals surface area contributed by atoms with Gasteiger partial charge < -0.3 is 10.1 Å². The number of esters is 1. The zero-order valence-corrected chi connectivity index (χ0v) is 14.5. The van der Waals surface area contributed by atoms with Gasteiger partial charge in [-0.1, -0.05) is 6.07 Å². The van der Waals surface area contributed by atoms with Crippen LogP contribution in [0, 0.1) is 10.1 Å². The molecule has 0 aliphatic carbocycles. The lowest BCUT2D eigenvalue weighted by Gasteiger charge is -2.13. The molecule has 28 heavy (non-hydrogen) atoms. The van der Waals surface area contributed by atoms with Crippen LogP contribution in [-0.4, -0.2) is 47.2 Å². The summed E-state index contributed by atoms with van der Waals surface area (Å²) in [6.07, 6.45) is 0. The molecule has 0 radical (unpaired) electrons. The van der Waals surface area contributed by atoms with E-state index in [0.717, 1.165) is 6.07 Å². The van der Waals surface area contributed by atoms with Crippen LogP contribution < -0.4 is 5.32 Å². The largest absolute Gasteiger partial charge is 0.465 e. The number of carbonyl (C=O) groups excluding carboxylic acids is 4. The highest BCUT2D eigenvalue weighted by molar-refractivity contribution is 6.24. The summed E-state index contributed by atoms with van der Waals surface area (Å²) in [4.78, 5) is 59.4. The minimum atomic E-state index is -0.900. The van der Waals surface area contributed by atoms with Gasteiger partial charge in [0, 0.05) is 11.8 Å². The smallest absolute Gasteiger partial charge is 0.337 e. The standard InChI is InChI=1S/C18H13N3O7/c1-28-18(25)10-5-7-11(8-6-10)19-14(22)9-20-16(23)12-3-2-4-13(21(26)27)15(12)17(20)24/h2-8H,9H2,1H3,(H,19,22). The summed E-state index contributed by atoms with van der Waals surface area (Å²) in [7, 11) is 1.24. The number of ether oxygens (including phenoxy) is 1. The van der Waals surface area contributed by atoms with E-state index in [4.69, 9.17) is 0 Å². The molecule has 0 atom stereocenters. The summed E-state index contributed by atoms with van der Waals surface area (Å²) in [5, 5.41) is 13.6. The van der Waals surface area contributed by atoms with Gasteiger partial charge in [-0.25, -0.2) is 4.79 Å². The zero-order valence-electron chi connectivity index (χ0n) is 14.5. The molecule has 0 fully saturated rings. The number of nitro benzene ring substituents is 1. The molecular formula is C18H13N3O7. The molecule has 0 aromatic heterocycles. The Hall–Kier alpha value is -4.08. The normalized spacial score (nSPS) is 12.5. The molecule has 1 aliphatic heterocycles. The van der Waals surface area contributed by atoms with E-state index < -0.39 is 40.8 Å². The maximum atomic E-state index is 12.4. The highest BCUT2D eigenvalue weighted by atomic mass is 16.6. The van der Waals surface area contributed by atoms with Crippen LogP contribution in [0.25, 0.3) is 0 Å². The fourth-order valence-corrected chi connectivity index (χ4v) is 2.76. The number of nitrogens with zero attached hydrogens (tertiary/aromatic N) is 2. The van der Waals surface area contributed by atoms with Gasteiger partial charge in [0.05, 0.1) is 23.2 Å². The van der Waals surface area contributed by atoms with Gasteiger partial charge >= 0.3 is 5.97 Å². The summed E-state index contributed by atoms with van der Waals surface area (Å²) >= 11 is 0. The molecule has 0 spiro atoms. The number of benzene rings is 2. The molecule has 1 heterocycles. The first-order valence-corrected chi connectivity index (χ1v) is 7.95. The third kappa shape index (κ3) is 3.30. The van der Waals surface area contributed by atoms with Crippen molar-refractivity contribution >= 4 is 35.1 Å². The average molecular weight is 383 g/mol. The Kier molecular flexibility index (Phi) is 4.86.